The number of ether oxygens (including phenoxy) is 1. The minimum absolute atomic E-state index is 0.0280. The van der Waals surface area contributed by atoms with E-state index in [4.69, 9.17) is 4.74 Å². The number of methoxy groups -OCH3 is 1. The number of nitrogens with zero attached hydrogens (tertiary/aromatic N) is 2. The molecule has 3 amide bonds. The maximum absolute atomic E-state index is 14.4. The lowest BCUT2D eigenvalue weighted by Crippen LogP contribution is -2.53. The van der Waals surface area contributed by atoms with E-state index in [9.17, 15) is 18.8 Å². The summed E-state index contributed by atoms with van der Waals surface area (Å²) in [5.74, 6) is -1.26. The molecule has 0 bridgehead atoms. The van der Waals surface area contributed by atoms with Crippen LogP contribution in [0.2, 0.25) is 0 Å². The van der Waals surface area contributed by atoms with Crippen molar-refractivity contribution in [2.45, 2.75) is 70.0 Å². The Kier molecular flexibility index (Phi) is 8.23. The van der Waals surface area contributed by atoms with E-state index in [1.54, 1.807) is 6.07 Å². The van der Waals surface area contributed by atoms with E-state index in [-0.39, 0.29) is 17.6 Å². The Labute approximate surface area is 211 Å². The highest BCUT2D eigenvalue weighted by Gasteiger charge is 2.42. The largest absolute Gasteiger partial charge is 0.453 e. The summed E-state index contributed by atoms with van der Waals surface area (Å²) in [5.41, 5.74) is 1.77. The zero-order valence-corrected chi connectivity index (χ0v) is 20.9. The average Bonchev–Trinajstić information content (AvgIpc) is 3.38. The molecule has 0 aromatic heterocycles. The highest BCUT2D eigenvalue weighted by Crippen LogP contribution is 2.34. The van der Waals surface area contributed by atoms with Crippen LogP contribution in [0.15, 0.2) is 48.5 Å². The molecule has 1 saturated carbocycles. The number of carbonyl (C=O) groups excluding carboxylic acids is 3. The molecule has 1 aliphatic carbocycles. The second-order valence-corrected chi connectivity index (χ2v) is 9.61. The molecule has 0 radical (unpaired) electrons. The van der Waals surface area contributed by atoms with Gasteiger partial charge in [-0.1, -0.05) is 49.6 Å². The first kappa shape index (κ1) is 25.7. The van der Waals surface area contributed by atoms with Gasteiger partial charge in [-0.25, -0.2) is 9.18 Å². The van der Waals surface area contributed by atoms with Crippen LogP contribution in [-0.2, 0) is 14.3 Å². The molecular weight excluding hydrogens is 461 g/mol. The van der Waals surface area contributed by atoms with Gasteiger partial charge in [0, 0.05) is 18.3 Å². The van der Waals surface area contributed by atoms with Crippen LogP contribution in [0.5, 0.6) is 0 Å². The van der Waals surface area contributed by atoms with Crippen molar-refractivity contribution < 1.29 is 23.5 Å². The van der Waals surface area contributed by atoms with Crippen molar-refractivity contribution in [3.63, 3.8) is 0 Å². The Morgan fingerprint density at radius 2 is 1.78 bits per heavy atom. The second kappa shape index (κ2) is 11.5. The maximum Gasteiger partial charge on any atom is 0.410 e. The van der Waals surface area contributed by atoms with Crippen LogP contribution >= 0.6 is 0 Å². The lowest BCUT2D eigenvalue weighted by atomic mass is 9.93. The molecule has 1 N–H and O–H groups in total. The zero-order chi connectivity index (χ0) is 25.7. The number of halogens is 1. The number of benzene rings is 2. The summed E-state index contributed by atoms with van der Waals surface area (Å²) in [6, 6.07) is 11.3. The lowest BCUT2D eigenvalue weighted by Gasteiger charge is -2.36. The number of rotatable bonds is 6. The molecule has 4 rings (SSSR count). The highest BCUT2D eigenvalue weighted by molar-refractivity contribution is 6.05. The van der Waals surface area contributed by atoms with Crippen LogP contribution < -0.4 is 10.2 Å². The van der Waals surface area contributed by atoms with E-state index in [0.29, 0.717) is 24.9 Å². The third kappa shape index (κ3) is 5.53. The predicted octanol–water partition coefficient (Wildman–Crippen LogP) is 4.89. The third-order valence-corrected chi connectivity index (χ3v) is 7.21. The fourth-order valence-corrected chi connectivity index (χ4v) is 5.37. The van der Waals surface area contributed by atoms with E-state index >= 15 is 0 Å². The van der Waals surface area contributed by atoms with Gasteiger partial charge in [0.2, 0.25) is 5.91 Å². The molecule has 7 nitrogen and oxygen atoms in total. The summed E-state index contributed by atoms with van der Waals surface area (Å²) in [7, 11) is 1.28. The van der Waals surface area contributed by atoms with Crippen LogP contribution in [0.3, 0.4) is 0 Å². The molecule has 8 heteroatoms. The molecule has 2 aromatic rings. The Bertz CT molecular complexity index is 1100. The quantitative estimate of drug-likeness (QED) is 0.619. The van der Waals surface area contributed by atoms with Crippen molar-refractivity contribution in [3.05, 3.63) is 65.5 Å². The number of nitrogens with one attached hydrogen (secondary N) is 1. The first-order valence-electron chi connectivity index (χ1n) is 12.7. The Balaban J connectivity index is 1.80. The number of anilines is 1. The molecule has 1 heterocycles. The fraction of sp³-hybridized carbons (Fsp3) is 0.464. The Morgan fingerprint density at radius 1 is 1.03 bits per heavy atom. The van der Waals surface area contributed by atoms with Crippen molar-refractivity contribution >= 4 is 23.6 Å². The van der Waals surface area contributed by atoms with Crippen LogP contribution in [0.4, 0.5) is 14.9 Å². The standard InChI is InChI=1S/C28H34FN3O4/c1-19-10-6-7-15-23(19)25(26(33)30-21-12-4-3-5-13-21)32(22-14-8-11-20(29)18-22)27(34)24-16-9-17-31(24)28(35)36-2/h6-8,10-11,14-15,18,21,24-25H,3-5,9,12-13,16-17H2,1-2H3,(H,30,33)/t24-,25-/m0/s1. The third-order valence-electron chi connectivity index (χ3n) is 7.21. The van der Waals surface area contributed by atoms with Gasteiger partial charge in [0.1, 0.15) is 17.9 Å². The van der Waals surface area contributed by atoms with Crippen molar-refractivity contribution in [1.82, 2.24) is 10.2 Å². The number of carbonyl (C=O) groups is 3. The van der Waals surface area contributed by atoms with Gasteiger partial charge in [0.05, 0.1) is 7.11 Å². The molecule has 0 unspecified atom stereocenters. The van der Waals surface area contributed by atoms with Crippen LogP contribution in [0, 0.1) is 12.7 Å². The van der Waals surface area contributed by atoms with Crippen molar-refractivity contribution in [2.75, 3.05) is 18.6 Å². The van der Waals surface area contributed by atoms with E-state index in [2.05, 4.69) is 5.32 Å². The SMILES string of the molecule is COC(=O)N1CCC[C@H]1C(=O)N(c1cccc(F)c1)[C@H](C(=O)NC1CCCCC1)c1ccccc1C. The van der Waals surface area contributed by atoms with Crippen LogP contribution in [0.1, 0.15) is 62.1 Å². The molecule has 2 fully saturated rings. The van der Waals surface area contributed by atoms with E-state index in [1.807, 2.05) is 31.2 Å². The number of likely N-dealkylation sites (tertiary alicyclic amines) is 1. The predicted molar refractivity (Wildman–Crippen MR) is 135 cm³/mol. The Morgan fingerprint density at radius 3 is 2.47 bits per heavy atom. The van der Waals surface area contributed by atoms with Gasteiger partial charge >= 0.3 is 6.09 Å². The summed E-state index contributed by atoms with van der Waals surface area (Å²) in [4.78, 5) is 43.3. The zero-order valence-electron chi connectivity index (χ0n) is 20.9. The van der Waals surface area contributed by atoms with Gasteiger partial charge in [-0.3, -0.25) is 19.4 Å². The summed E-state index contributed by atoms with van der Waals surface area (Å²) >= 11 is 0. The topological polar surface area (TPSA) is 79.0 Å². The van der Waals surface area contributed by atoms with E-state index < -0.39 is 29.9 Å². The lowest BCUT2D eigenvalue weighted by molar-refractivity contribution is -0.129. The Hall–Kier alpha value is -3.42. The number of hydrogen-bond donors (Lipinski definition) is 1. The number of hydrogen-bond acceptors (Lipinski definition) is 4. The minimum Gasteiger partial charge on any atom is -0.453 e. The molecule has 1 aliphatic heterocycles. The number of amides is 3. The molecular formula is C28H34FN3O4. The van der Waals surface area contributed by atoms with E-state index in [1.165, 1.54) is 35.1 Å². The first-order valence-corrected chi connectivity index (χ1v) is 12.7. The molecule has 0 spiro atoms. The second-order valence-electron chi connectivity index (χ2n) is 9.61. The average molecular weight is 496 g/mol. The normalized spacial score (nSPS) is 19.0. The van der Waals surface area contributed by atoms with Gasteiger partial charge in [-0.05, 0) is 61.9 Å². The summed E-state index contributed by atoms with van der Waals surface area (Å²) in [6.45, 7) is 2.27. The molecule has 2 aliphatic rings. The molecule has 2 atom stereocenters. The van der Waals surface area contributed by atoms with Gasteiger partial charge in [0.25, 0.3) is 5.91 Å². The van der Waals surface area contributed by atoms with Crippen LogP contribution in [-0.4, -0.2) is 48.5 Å². The summed E-state index contributed by atoms with van der Waals surface area (Å²) in [6.07, 6.45) is 5.48. The van der Waals surface area contributed by atoms with Crippen molar-refractivity contribution in [2.24, 2.45) is 0 Å². The summed E-state index contributed by atoms with van der Waals surface area (Å²) in [5, 5.41) is 3.17. The molecule has 2 aromatic carbocycles. The first-order chi connectivity index (χ1) is 17.4. The van der Waals surface area contributed by atoms with Crippen molar-refractivity contribution in [3.8, 4) is 0 Å². The molecule has 192 valence electrons. The maximum atomic E-state index is 14.4. The monoisotopic (exact) mass is 495 g/mol. The van der Waals surface area contributed by atoms with Gasteiger partial charge in [-0.15, -0.1) is 0 Å². The molecule has 1 saturated heterocycles. The van der Waals surface area contributed by atoms with Crippen LogP contribution in [0.25, 0.3) is 0 Å². The van der Waals surface area contributed by atoms with E-state index in [0.717, 1.165) is 37.7 Å². The van der Waals surface area contributed by atoms with Gasteiger partial charge in [-0.2, -0.15) is 0 Å². The smallest absolute Gasteiger partial charge is 0.410 e. The fourth-order valence-electron chi connectivity index (χ4n) is 5.37. The highest BCUT2D eigenvalue weighted by atomic mass is 19.1. The van der Waals surface area contributed by atoms with Gasteiger partial charge < -0.3 is 10.1 Å². The van der Waals surface area contributed by atoms with Crippen molar-refractivity contribution in [1.29, 1.82) is 0 Å². The minimum atomic E-state index is -1.03. The summed E-state index contributed by atoms with van der Waals surface area (Å²) < 4.78 is 19.3. The molecule has 36 heavy (non-hydrogen) atoms. The number of aryl methyl sites for hydroxylation is 1. The van der Waals surface area contributed by atoms with Gasteiger partial charge in [0.15, 0.2) is 0 Å².